The molecule has 1 nitrogen and oxygen atoms in total. The van der Waals surface area contributed by atoms with Crippen LogP contribution in [0.4, 0.5) is 0 Å². The molecule has 0 aromatic carbocycles. The molecule has 1 aromatic heterocycles. The van der Waals surface area contributed by atoms with Crippen molar-refractivity contribution >= 4 is 27.3 Å². The van der Waals surface area contributed by atoms with Crippen molar-refractivity contribution in [2.24, 2.45) is 23.2 Å². The Hall–Kier alpha value is 0.140. The van der Waals surface area contributed by atoms with Gasteiger partial charge in [0, 0.05) is 10.9 Å². The Labute approximate surface area is 134 Å². The summed E-state index contributed by atoms with van der Waals surface area (Å²) < 4.78 is 1.32. The maximum atomic E-state index is 3.71. The van der Waals surface area contributed by atoms with E-state index < -0.39 is 0 Å². The van der Waals surface area contributed by atoms with Crippen molar-refractivity contribution < 1.29 is 0 Å². The molecule has 0 amide bonds. The summed E-state index contributed by atoms with van der Waals surface area (Å²) in [6.45, 7) is 2.22. The summed E-state index contributed by atoms with van der Waals surface area (Å²) in [5.41, 5.74) is 1.95. The molecule has 4 aliphatic rings. The van der Waals surface area contributed by atoms with Crippen LogP contribution in [0.25, 0.3) is 0 Å². The molecule has 4 saturated carbocycles. The van der Waals surface area contributed by atoms with Gasteiger partial charge in [0.25, 0.3) is 0 Å². The minimum atomic E-state index is 0.556. The zero-order chi connectivity index (χ0) is 13.9. The highest BCUT2D eigenvalue weighted by Gasteiger charge is 2.54. The van der Waals surface area contributed by atoms with E-state index in [2.05, 4.69) is 41.3 Å². The third kappa shape index (κ3) is 2.04. The van der Waals surface area contributed by atoms with Gasteiger partial charge in [-0.1, -0.05) is 0 Å². The van der Waals surface area contributed by atoms with Crippen LogP contribution in [0.1, 0.15) is 55.0 Å². The maximum absolute atomic E-state index is 3.71. The van der Waals surface area contributed by atoms with E-state index in [0.29, 0.717) is 11.5 Å². The Kier molecular flexibility index (Phi) is 3.32. The minimum absolute atomic E-state index is 0.556. The first kappa shape index (κ1) is 13.8. The lowest BCUT2D eigenvalue weighted by molar-refractivity contribution is -0.0729. The smallest absolute Gasteiger partial charge is 0.0731 e. The van der Waals surface area contributed by atoms with Crippen LogP contribution >= 0.6 is 27.3 Å². The molecule has 1 heterocycles. The van der Waals surface area contributed by atoms with Gasteiger partial charge in [-0.05, 0) is 103 Å². The molecule has 3 heteroatoms. The Morgan fingerprint density at radius 1 is 1.20 bits per heavy atom. The molecule has 4 aliphatic carbocycles. The van der Waals surface area contributed by atoms with E-state index in [-0.39, 0.29) is 0 Å². The lowest BCUT2D eigenvalue weighted by Gasteiger charge is -2.59. The van der Waals surface area contributed by atoms with Crippen LogP contribution in [0, 0.1) is 30.1 Å². The van der Waals surface area contributed by atoms with E-state index in [0.717, 1.165) is 17.8 Å². The molecule has 1 atom stereocenters. The molecule has 20 heavy (non-hydrogen) atoms. The van der Waals surface area contributed by atoms with Crippen molar-refractivity contribution in [1.29, 1.82) is 0 Å². The van der Waals surface area contributed by atoms with Gasteiger partial charge in [0.15, 0.2) is 0 Å². The van der Waals surface area contributed by atoms with Crippen molar-refractivity contribution in [3.05, 3.63) is 20.3 Å². The highest BCUT2D eigenvalue weighted by molar-refractivity contribution is 9.11. The first-order valence-corrected chi connectivity index (χ1v) is 9.63. The Morgan fingerprint density at radius 2 is 1.75 bits per heavy atom. The van der Waals surface area contributed by atoms with Crippen LogP contribution in [0.2, 0.25) is 0 Å². The Bertz CT molecular complexity index is 466. The number of aryl methyl sites for hydroxylation is 1. The Balaban J connectivity index is 1.70. The largest absolute Gasteiger partial charge is 0.312 e. The molecule has 0 aliphatic heterocycles. The summed E-state index contributed by atoms with van der Waals surface area (Å²) in [5.74, 6) is 3.09. The Morgan fingerprint density at radius 3 is 2.15 bits per heavy atom. The molecule has 4 bridgehead atoms. The van der Waals surface area contributed by atoms with Gasteiger partial charge in [-0.2, -0.15) is 0 Å². The summed E-state index contributed by atoms with van der Waals surface area (Å²) in [7, 11) is 2.17. The number of thiophene rings is 1. The van der Waals surface area contributed by atoms with Crippen LogP contribution in [0.15, 0.2) is 9.85 Å². The van der Waals surface area contributed by atoms with Crippen LogP contribution in [-0.2, 0) is 0 Å². The molecule has 4 fully saturated rings. The lowest BCUT2D eigenvalue weighted by Crippen LogP contribution is -2.51. The predicted molar refractivity (Wildman–Crippen MR) is 89.2 cm³/mol. The molecular weight excluding hydrogens is 330 g/mol. The standard InChI is InChI=1S/C17H24BrNS/c1-10-3-14(20-16(10)18)15(19-2)17-7-11-4-12(8-17)6-13(5-11)9-17/h3,11-13,15,19H,4-9H2,1-2H3. The number of nitrogens with one attached hydrogen (secondary N) is 1. The van der Waals surface area contributed by atoms with Crippen molar-refractivity contribution in [2.75, 3.05) is 7.05 Å². The van der Waals surface area contributed by atoms with Gasteiger partial charge >= 0.3 is 0 Å². The van der Waals surface area contributed by atoms with E-state index in [1.807, 2.05) is 11.3 Å². The molecule has 0 radical (unpaired) electrons. The first-order valence-electron chi connectivity index (χ1n) is 8.03. The van der Waals surface area contributed by atoms with Crippen molar-refractivity contribution in [2.45, 2.75) is 51.5 Å². The average molecular weight is 354 g/mol. The van der Waals surface area contributed by atoms with Crippen LogP contribution in [0.5, 0.6) is 0 Å². The van der Waals surface area contributed by atoms with E-state index >= 15 is 0 Å². The first-order chi connectivity index (χ1) is 9.59. The summed E-state index contributed by atoms with van der Waals surface area (Å²) >= 11 is 5.66. The fourth-order valence-electron chi connectivity index (χ4n) is 5.91. The van der Waals surface area contributed by atoms with Gasteiger partial charge in [-0.3, -0.25) is 0 Å². The SMILES string of the molecule is CNC(c1cc(C)c(Br)s1)C12CC3CC(CC(C3)C1)C2. The molecule has 5 rings (SSSR count). The number of hydrogen-bond donors (Lipinski definition) is 1. The molecule has 110 valence electrons. The topological polar surface area (TPSA) is 12.0 Å². The summed E-state index contributed by atoms with van der Waals surface area (Å²) in [5, 5.41) is 3.71. The third-order valence-electron chi connectivity index (χ3n) is 6.15. The van der Waals surface area contributed by atoms with Gasteiger partial charge in [0.2, 0.25) is 0 Å². The van der Waals surface area contributed by atoms with Crippen molar-refractivity contribution in [3.8, 4) is 0 Å². The second-order valence-corrected chi connectivity index (χ2v) is 10.0. The minimum Gasteiger partial charge on any atom is -0.312 e. The van der Waals surface area contributed by atoms with Gasteiger partial charge in [0.1, 0.15) is 0 Å². The molecular formula is C17H24BrNS. The van der Waals surface area contributed by atoms with Crippen LogP contribution in [-0.4, -0.2) is 7.05 Å². The fourth-order valence-corrected chi connectivity index (χ4v) is 7.73. The monoisotopic (exact) mass is 353 g/mol. The lowest BCUT2D eigenvalue weighted by atomic mass is 9.47. The van der Waals surface area contributed by atoms with Gasteiger partial charge in [-0.15, -0.1) is 11.3 Å². The fraction of sp³-hybridized carbons (Fsp3) is 0.765. The molecule has 1 aromatic rings. The molecule has 0 saturated heterocycles. The average Bonchev–Trinajstić information content (AvgIpc) is 2.67. The third-order valence-corrected chi connectivity index (χ3v) is 8.35. The number of halogens is 1. The van der Waals surface area contributed by atoms with Gasteiger partial charge in [-0.25, -0.2) is 0 Å². The summed E-state index contributed by atoms with van der Waals surface area (Å²) in [6.07, 6.45) is 9.01. The maximum Gasteiger partial charge on any atom is 0.0731 e. The summed E-state index contributed by atoms with van der Waals surface area (Å²) in [4.78, 5) is 1.55. The molecule has 1 N–H and O–H groups in total. The number of rotatable bonds is 3. The predicted octanol–water partition coefficient (Wildman–Crippen LogP) is 5.30. The van der Waals surface area contributed by atoms with Crippen LogP contribution in [0.3, 0.4) is 0 Å². The van der Waals surface area contributed by atoms with E-state index in [9.17, 15) is 0 Å². The number of hydrogen-bond acceptors (Lipinski definition) is 2. The van der Waals surface area contributed by atoms with Gasteiger partial charge < -0.3 is 5.32 Å². The zero-order valence-corrected chi connectivity index (χ0v) is 14.8. The highest BCUT2D eigenvalue weighted by Crippen LogP contribution is 2.64. The van der Waals surface area contributed by atoms with E-state index in [1.54, 1.807) is 4.88 Å². The van der Waals surface area contributed by atoms with E-state index in [1.165, 1.54) is 47.9 Å². The quantitative estimate of drug-likeness (QED) is 0.777. The van der Waals surface area contributed by atoms with Crippen molar-refractivity contribution in [1.82, 2.24) is 5.32 Å². The second kappa shape index (κ2) is 4.82. The van der Waals surface area contributed by atoms with Gasteiger partial charge in [0.05, 0.1) is 3.79 Å². The molecule has 1 unspecified atom stereocenters. The normalized spacial score (nSPS) is 40.2. The van der Waals surface area contributed by atoms with E-state index in [4.69, 9.17) is 0 Å². The van der Waals surface area contributed by atoms with Crippen molar-refractivity contribution in [3.63, 3.8) is 0 Å². The highest BCUT2D eigenvalue weighted by atomic mass is 79.9. The zero-order valence-electron chi connectivity index (χ0n) is 12.4. The second-order valence-electron chi connectivity index (χ2n) is 7.61. The van der Waals surface area contributed by atoms with Crippen LogP contribution < -0.4 is 5.32 Å². The molecule has 0 spiro atoms. The summed E-state index contributed by atoms with van der Waals surface area (Å²) in [6, 6.07) is 2.99.